The molecule has 0 spiro atoms. The Hall–Kier alpha value is -2.15. The van der Waals surface area contributed by atoms with E-state index in [0.717, 1.165) is 4.90 Å². The Labute approximate surface area is 123 Å². The number of carbonyl (C=O) groups excluding carboxylic acids is 1. The molecule has 21 heavy (non-hydrogen) atoms. The van der Waals surface area contributed by atoms with Gasteiger partial charge >= 0.3 is 5.97 Å². The Bertz CT molecular complexity index is 651. The van der Waals surface area contributed by atoms with Gasteiger partial charge in [-0.05, 0) is 12.1 Å². The first-order valence-corrected chi connectivity index (χ1v) is 7.92. The molecule has 0 atom stereocenters. The summed E-state index contributed by atoms with van der Waals surface area (Å²) in [5, 5.41) is 8.84. The van der Waals surface area contributed by atoms with E-state index in [1.165, 1.54) is 37.3 Å². The first-order chi connectivity index (χ1) is 9.83. The van der Waals surface area contributed by atoms with E-state index in [-0.39, 0.29) is 22.8 Å². The number of sulfone groups is 1. The minimum Gasteiger partial charge on any atom is -0.480 e. The number of carbonyl (C=O) groups is 2. The highest BCUT2D eigenvalue weighted by Gasteiger charge is 2.24. The van der Waals surface area contributed by atoms with Crippen molar-refractivity contribution in [3.63, 3.8) is 0 Å². The second kappa shape index (κ2) is 7.03. The average Bonchev–Trinajstić information content (AvgIpc) is 2.45. The molecular formula is C14H17NO5S. The van der Waals surface area contributed by atoms with E-state index in [0.29, 0.717) is 0 Å². The summed E-state index contributed by atoms with van der Waals surface area (Å²) < 4.78 is 24.0. The van der Waals surface area contributed by atoms with Crippen molar-refractivity contribution in [3.05, 3.63) is 42.5 Å². The van der Waals surface area contributed by atoms with E-state index >= 15 is 0 Å². The molecule has 0 radical (unpaired) electrons. The van der Waals surface area contributed by atoms with E-state index in [9.17, 15) is 18.0 Å². The van der Waals surface area contributed by atoms with Crippen LogP contribution in [-0.4, -0.2) is 49.1 Å². The van der Waals surface area contributed by atoms with Crippen molar-refractivity contribution in [1.82, 2.24) is 4.90 Å². The van der Waals surface area contributed by atoms with E-state index in [1.807, 2.05) is 0 Å². The number of hydrogen-bond donors (Lipinski definition) is 1. The quantitative estimate of drug-likeness (QED) is 0.764. The highest BCUT2D eigenvalue weighted by molar-refractivity contribution is 7.91. The second-order valence-electron chi connectivity index (χ2n) is 4.27. The molecule has 7 heteroatoms. The zero-order chi connectivity index (χ0) is 16.0. The molecule has 0 aliphatic heterocycles. The maximum atomic E-state index is 12.4. The molecule has 0 aromatic heterocycles. The van der Waals surface area contributed by atoms with Crippen LogP contribution in [0.3, 0.4) is 0 Å². The summed E-state index contributed by atoms with van der Waals surface area (Å²) in [7, 11) is -3.57. The van der Waals surface area contributed by atoms with E-state index < -0.39 is 28.3 Å². The molecule has 1 amide bonds. The van der Waals surface area contributed by atoms with Crippen molar-refractivity contribution < 1.29 is 23.1 Å². The van der Waals surface area contributed by atoms with Gasteiger partial charge in [-0.15, -0.1) is 6.58 Å². The Morgan fingerprint density at radius 2 is 1.95 bits per heavy atom. The number of hydrogen-bond acceptors (Lipinski definition) is 4. The van der Waals surface area contributed by atoms with Gasteiger partial charge in [0.2, 0.25) is 0 Å². The largest absolute Gasteiger partial charge is 0.480 e. The third-order valence-electron chi connectivity index (χ3n) is 2.80. The van der Waals surface area contributed by atoms with Gasteiger partial charge in [-0.2, -0.15) is 0 Å². The number of carboxylic acids is 1. The van der Waals surface area contributed by atoms with Crippen LogP contribution in [0, 0.1) is 0 Å². The topological polar surface area (TPSA) is 91.8 Å². The van der Waals surface area contributed by atoms with Gasteiger partial charge in [0, 0.05) is 6.54 Å². The Balaban J connectivity index is 3.29. The summed E-state index contributed by atoms with van der Waals surface area (Å²) in [5.41, 5.74) is -0.0255. The lowest BCUT2D eigenvalue weighted by Gasteiger charge is -2.20. The van der Waals surface area contributed by atoms with Crippen LogP contribution < -0.4 is 0 Å². The molecule has 6 nitrogen and oxygen atoms in total. The number of rotatable bonds is 7. The highest BCUT2D eigenvalue weighted by Crippen LogP contribution is 2.19. The summed E-state index contributed by atoms with van der Waals surface area (Å²) in [5.74, 6) is -1.97. The lowest BCUT2D eigenvalue weighted by Crippen LogP contribution is -2.36. The minimum atomic E-state index is -3.57. The fraction of sp³-hybridized carbons (Fsp3) is 0.286. The van der Waals surface area contributed by atoms with Crippen LogP contribution in [-0.2, 0) is 14.6 Å². The third-order valence-corrected chi connectivity index (χ3v) is 4.58. The molecule has 0 saturated carbocycles. The molecule has 1 N–H and O–H groups in total. The van der Waals surface area contributed by atoms with Crippen molar-refractivity contribution in [3.8, 4) is 0 Å². The Morgan fingerprint density at radius 3 is 2.48 bits per heavy atom. The number of aliphatic carboxylic acids is 1. The standard InChI is InChI=1S/C14H17NO5S/c1-3-9-15(10-13(16)17)14(18)11-7-5-6-8-12(11)21(19,20)4-2/h3,5-8H,1,4,9-10H2,2H3,(H,16,17). The SMILES string of the molecule is C=CCN(CC(=O)O)C(=O)c1ccccc1S(=O)(=O)CC. The molecule has 0 aliphatic carbocycles. The van der Waals surface area contributed by atoms with Crippen LogP contribution in [0.1, 0.15) is 17.3 Å². The van der Waals surface area contributed by atoms with Gasteiger partial charge in [0.1, 0.15) is 6.54 Å². The van der Waals surface area contributed by atoms with Crippen molar-refractivity contribution >= 4 is 21.7 Å². The van der Waals surface area contributed by atoms with Crippen LogP contribution in [0.25, 0.3) is 0 Å². The smallest absolute Gasteiger partial charge is 0.323 e. The van der Waals surface area contributed by atoms with Gasteiger partial charge in [0.25, 0.3) is 5.91 Å². The summed E-state index contributed by atoms with van der Waals surface area (Å²) in [4.78, 5) is 24.2. The second-order valence-corrected chi connectivity index (χ2v) is 6.51. The molecule has 0 heterocycles. The average molecular weight is 311 g/mol. The van der Waals surface area contributed by atoms with Crippen LogP contribution in [0.4, 0.5) is 0 Å². The Morgan fingerprint density at radius 1 is 1.33 bits per heavy atom. The molecule has 114 valence electrons. The van der Waals surface area contributed by atoms with Crippen molar-refractivity contribution in [2.45, 2.75) is 11.8 Å². The van der Waals surface area contributed by atoms with E-state index in [1.54, 1.807) is 0 Å². The van der Waals surface area contributed by atoms with Gasteiger partial charge in [0.15, 0.2) is 9.84 Å². The van der Waals surface area contributed by atoms with E-state index in [4.69, 9.17) is 5.11 Å². The third kappa shape index (κ3) is 4.16. The van der Waals surface area contributed by atoms with Crippen molar-refractivity contribution in [2.24, 2.45) is 0 Å². The van der Waals surface area contributed by atoms with Crippen LogP contribution in [0.15, 0.2) is 41.8 Å². The first kappa shape index (κ1) is 16.9. The number of benzene rings is 1. The number of carboxylic acid groups (broad SMARTS) is 1. The van der Waals surface area contributed by atoms with Crippen molar-refractivity contribution in [1.29, 1.82) is 0 Å². The van der Waals surface area contributed by atoms with Gasteiger partial charge in [0.05, 0.1) is 16.2 Å². The lowest BCUT2D eigenvalue weighted by molar-refractivity contribution is -0.137. The zero-order valence-electron chi connectivity index (χ0n) is 11.7. The normalized spacial score (nSPS) is 10.9. The van der Waals surface area contributed by atoms with Crippen LogP contribution >= 0.6 is 0 Å². The maximum Gasteiger partial charge on any atom is 0.323 e. The summed E-state index contributed by atoms with van der Waals surface area (Å²) in [6.45, 7) is 4.44. The lowest BCUT2D eigenvalue weighted by atomic mass is 10.2. The monoisotopic (exact) mass is 311 g/mol. The minimum absolute atomic E-state index is 0.0195. The predicted octanol–water partition coefficient (Wildman–Crippen LogP) is 1.19. The summed E-state index contributed by atoms with van der Waals surface area (Å²) in [6.07, 6.45) is 1.39. The van der Waals surface area contributed by atoms with Crippen LogP contribution in [0.5, 0.6) is 0 Å². The molecule has 0 aliphatic rings. The summed E-state index contributed by atoms with van der Waals surface area (Å²) >= 11 is 0. The van der Waals surface area contributed by atoms with Crippen molar-refractivity contribution in [2.75, 3.05) is 18.8 Å². The van der Waals surface area contributed by atoms with Gasteiger partial charge in [-0.3, -0.25) is 9.59 Å². The molecule has 0 unspecified atom stereocenters. The fourth-order valence-electron chi connectivity index (χ4n) is 1.78. The summed E-state index contributed by atoms with van der Waals surface area (Å²) in [6, 6.07) is 5.78. The molecule has 0 saturated heterocycles. The molecule has 1 aromatic rings. The first-order valence-electron chi connectivity index (χ1n) is 6.27. The van der Waals surface area contributed by atoms with Gasteiger partial charge in [-0.1, -0.05) is 25.1 Å². The van der Waals surface area contributed by atoms with Gasteiger partial charge < -0.3 is 10.0 Å². The molecule has 1 aromatic carbocycles. The molecule has 0 bridgehead atoms. The maximum absolute atomic E-state index is 12.4. The van der Waals surface area contributed by atoms with Gasteiger partial charge in [-0.25, -0.2) is 8.42 Å². The predicted molar refractivity (Wildman–Crippen MR) is 77.9 cm³/mol. The van der Waals surface area contributed by atoms with Crippen LogP contribution in [0.2, 0.25) is 0 Å². The molecule has 1 rings (SSSR count). The number of nitrogens with zero attached hydrogens (tertiary/aromatic N) is 1. The molecular weight excluding hydrogens is 294 g/mol. The fourth-order valence-corrected chi connectivity index (χ4v) is 2.87. The zero-order valence-corrected chi connectivity index (χ0v) is 12.5. The number of amides is 1. The Kier molecular flexibility index (Phi) is 5.66. The van der Waals surface area contributed by atoms with E-state index in [2.05, 4.69) is 6.58 Å². The highest BCUT2D eigenvalue weighted by atomic mass is 32.2. The molecule has 0 fully saturated rings.